The quantitative estimate of drug-likeness (QED) is 0.934. The number of H-pyrrole nitrogens is 1. The number of amides is 1. The van der Waals surface area contributed by atoms with Crippen LogP contribution in [-0.2, 0) is 6.18 Å². The van der Waals surface area contributed by atoms with Crippen LogP contribution in [0.4, 0.5) is 24.7 Å². The van der Waals surface area contributed by atoms with Gasteiger partial charge < -0.3 is 5.32 Å². The molecule has 0 aliphatic carbocycles. The van der Waals surface area contributed by atoms with Crippen molar-refractivity contribution < 1.29 is 22.9 Å². The lowest BCUT2D eigenvalue weighted by Crippen LogP contribution is -2.29. The highest BCUT2D eigenvalue weighted by Crippen LogP contribution is 2.31. The van der Waals surface area contributed by atoms with E-state index in [9.17, 15) is 18.0 Å². The summed E-state index contributed by atoms with van der Waals surface area (Å²) in [5.74, 6) is 0.257. The summed E-state index contributed by atoms with van der Waals surface area (Å²) in [4.78, 5) is 17.7. The number of anilines is 2. The Balaban J connectivity index is 1.83. The molecule has 126 valence electrons. The standard InChI is InChI=1S/C17H16F3N3O/c18-17(19,20)12-5-3-6-13(11-12)22-16(24)14-7-4-8-21-15(14)23-9-1-2-10-23/h3-8,11H,1-2,9-10H2,(H,22,24)/p+1. The van der Waals surface area contributed by atoms with Gasteiger partial charge in [0.2, 0.25) is 0 Å². The predicted molar refractivity (Wildman–Crippen MR) is 83.8 cm³/mol. The van der Waals surface area contributed by atoms with Crippen molar-refractivity contribution in [2.45, 2.75) is 19.0 Å². The second kappa shape index (κ2) is 6.51. The van der Waals surface area contributed by atoms with Crippen LogP contribution in [0.25, 0.3) is 0 Å². The highest BCUT2D eigenvalue weighted by atomic mass is 19.4. The van der Waals surface area contributed by atoms with E-state index in [0.29, 0.717) is 11.4 Å². The topological polar surface area (TPSA) is 46.5 Å². The zero-order chi connectivity index (χ0) is 17.2. The third-order valence-corrected chi connectivity index (χ3v) is 3.95. The molecule has 7 heteroatoms. The maximum absolute atomic E-state index is 12.8. The summed E-state index contributed by atoms with van der Waals surface area (Å²) >= 11 is 0. The van der Waals surface area contributed by atoms with E-state index in [0.717, 1.165) is 38.1 Å². The highest BCUT2D eigenvalue weighted by molar-refractivity contribution is 6.07. The Morgan fingerprint density at radius 1 is 1.12 bits per heavy atom. The summed E-state index contributed by atoms with van der Waals surface area (Å²) in [7, 11) is 0. The molecule has 0 spiro atoms. The summed E-state index contributed by atoms with van der Waals surface area (Å²) in [5, 5.41) is 2.55. The van der Waals surface area contributed by atoms with E-state index in [1.807, 2.05) is 0 Å². The van der Waals surface area contributed by atoms with Crippen molar-refractivity contribution in [2.75, 3.05) is 23.3 Å². The molecule has 1 saturated heterocycles. The van der Waals surface area contributed by atoms with Crippen molar-refractivity contribution in [3.05, 3.63) is 53.7 Å². The fourth-order valence-corrected chi connectivity index (χ4v) is 2.79. The molecule has 0 bridgehead atoms. The summed E-state index contributed by atoms with van der Waals surface area (Å²) < 4.78 is 38.3. The number of benzene rings is 1. The van der Waals surface area contributed by atoms with Crippen molar-refractivity contribution in [2.24, 2.45) is 0 Å². The third-order valence-electron chi connectivity index (χ3n) is 3.95. The zero-order valence-corrected chi connectivity index (χ0v) is 12.9. The predicted octanol–water partition coefficient (Wildman–Crippen LogP) is 3.37. The van der Waals surface area contributed by atoms with E-state index in [-0.39, 0.29) is 5.69 Å². The normalized spacial score (nSPS) is 14.7. The van der Waals surface area contributed by atoms with E-state index >= 15 is 0 Å². The van der Waals surface area contributed by atoms with Crippen LogP contribution in [0.5, 0.6) is 0 Å². The van der Waals surface area contributed by atoms with E-state index in [4.69, 9.17) is 0 Å². The van der Waals surface area contributed by atoms with Gasteiger partial charge in [-0.15, -0.1) is 0 Å². The molecule has 1 fully saturated rings. The number of rotatable bonds is 3. The van der Waals surface area contributed by atoms with Gasteiger partial charge in [-0.1, -0.05) is 6.07 Å². The van der Waals surface area contributed by atoms with Gasteiger partial charge in [-0.3, -0.25) is 9.69 Å². The van der Waals surface area contributed by atoms with Crippen molar-refractivity contribution in [1.82, 2.24) is 0 Å². The Labute approximate surface area is 137 Å². The molecule has 0 atom stereocenters. The molecule has 0 unspecified atom stereocenters. The SMILES string of the molecule is O=C(Nc1cccc(C(F)(F)F)c1)c1ccc[nH+]c1N1CCCC1. The average molecular weight is 336 g/mol. The highest BCUT2D eigenvalue weighted by Gasteiger charge is 2.31. The molecule has 1 aromatic carbocycles. The molecule has 1 aliphatic rings. The van der Waals surface area contributed by atoms with Gasteiger partial charge in [0.1, 0.15) is 5.56 Å². The Bertz CT molecular complexity index is 740. The Morgan fingerprint density at radius 2 is 1.88 bits per heavy atom. The Kier molecular flexibility index (Phi) is 4.42. The van der Waals surface area contributed by atoms with Gasteiger partial charge in [0, 0.05) is 5.69 Å². The van der Waals surface area contributed by atoms with Gasteiger partial charge >= 0.3 is 6.18 Å². The van der Waals surface area contributed by atoms with Crippen LogP contribution in [0, 0.1) is 0 Å². The molecule has 2 heterocycles. The zero-order valence-electron chi connectivity index (χ0n) is 12.9. The second-order valence-corrected chi connectivity index (χ2v) is 5.66. The molecular formula is C17H17F3N3O+. The number of pyridine rings is 1. The lowest BCUT2D eigenvalue weighted by Gasteiger charge is -2.13. The molecule has 1 aliphatic heterocycles. The monoisotopic (exact) mass is 336 g/mol. The van der Waals surface area contributed by atoms with Gasteiger partial charge in [-0.25, -0.2) is 4.98 Å². The number of nitrogens with zero attached hydrogens (tertiary/aromatic N) is 1. The molecule has 3 rings (SSSR count). The molecule has 2 N–H and O–H groups in total. The molecule has 2 aromatic rings. The number of carbonyl (C=O) groups is 1. The Hall–Kier alpha value is -2.57. The van der Waals surface area contributed by atoms with Crippen LogP contribution >= 0.6 is 0 Å². The molecular weight excluding hydrogens is 319 g/mol. The molecule has 4 nitrogen and oxygen atoms in total. The van der Waals surface area contributed by atoms with Crippen LogP contribution in [-0.4, -0.2) is 19.0 Å². The third kappa shape index (κ3) is 3.50. The van der Waals surface area contributed by atoms with Gasteiger partial charge in [-0.2, -0.15) is 13.2 Å². The fourth-order valence-electron chi connectivity index (χ4n) is 2.79. The van der Waals surface area contributed by atoms with Crippen LogP contribution in [0.2, 0.25) is 0 Å². The van der Waals surface area contributed by atoms with Gasteiger partial charge in [0.05, 0.1) is 24.8 Å². The number of nitrogens with one attached hydrogen (secondary N) is 2. The average Bonchev–Trinajstić information content (AvgIpc) is 3.08. The van der Waals surface area contributed by atoms with Crippen molar-refractivity contribution in [1.29, 1.82) is 0 Å². The molecule has 24 heavy (non-hydrogen) atoms. The summed E-state index contributed by atoms with van der Waals surface area (Å²) in [5.41, 5.74) is -0.262. The van der Waals surface area contributed by atoms with Gasteiger partial charge in [0.15, 0.2) is 0 Å². The number of aromatic amines is 1. The first kappa shape index (κ1) is 16.3. The first-order valence-corrected chi connectivity index (χ1v) is 7.69. The smallest absolute Gasteiger partial charge is 0.322 e. The van der Waals surface area contributed by atoms with E-state index < -0.39 is 17.6 Å². The van der Waals surface area contributed by atoms with Crippen molar-refractivity contribution in [3.63, 3.8) is 0 Å². The maximum atomic E-state index is 12.8. The number of hydrogen-bond donors (Lipinski definition) is 1. The number of carbonyl (C=O) groups excluding carboxylic acids is 1. The van der Waals surface area contributed by atoms with Crippen LogP contribution in [0.15, 0.2) is 42.6 Å². The second-order valence-electron chi connectivity index (χ2n) is 5.66. The number of alkyl halides is 3. The fraction of sp³-hybridized carbons (Fsp3) is 0.294. The van der Waals surface area contributed by atoms with E-state index in [1.54, 1.807) is 18.3 Å². The van der Waals surface area contributed by atoms with Crippen LogP contribution in [0.1, 0.15) is 28.8 Å². The number of aromatic nitrogens is 1. The number of hydrogen-bond acceptors (Lipinski definition) is 2. The summed E-state index contributed by atoms with van der Waals surface area (Å²) in [6.45, 7) is 1.70. The molecule has 0 saturated carbocycles. The van der Waals surface area contributed by atoms with Crippen LogP contribution < -0.4 is 15.2 Å². The van der Waals surface area contributed by atoms with E-state index in [1.165, 1.54) is 12.1 Å². The lowest BCUT2D eigenvalue weighted by molar-refractivity contribution is -0.364. The summed E-state index contributed by atoms with van der Waals surface area (Å²) in [6, 6.07) is 7.97. The maximum Gasteiger partial charge on any atom is 0.416 e. The first-order chi connectivity index (χ1) is 11.4. The minimum atomic E-state index is -4.44. The van der Waals surface area contributed by atoms with Crippen molar-refractivity contribution in [3.8, 4) is 0 Å². The first-order valence-electron chi connectivity index (χ1n) is 7.69. The Morgan fingerprint density at radius 3 is 2.58 bits per heavy atom. The van der Waals surface area contributed by atoms with Crippen molar-refractivity contribution >= 4 is 17.4 Å². The van der Waals surface area contributed by atoms with Gasteiger partial charge in [0.25, 0.3) is 11.7 Å². The van der Waals surface area contributed by atoms with Crippen LogP contribution in [0.3, 0.4) is 0 Å². The minimum absolute atomic E-state index is 0.117. The largest absolute Gasteiger partial charge is 0.416 e. The molecule has 1 aromatic heterocycles. The lowest BCUT2D eigenvalue weighted by atomic mass is 10.1. The minimum Gasteiger partial charge on any atom is -0.322 e. The van der Waals surface area contributed by atoms with E-state index in [2.05, 4.69) is 15.2 Å². The summed E-state index contributed by atoms with van der Waals surface area (Å²) in [6.07, 6.45) is -0.606. The number of halogens is 3. The van der Waals surface area contributed by atoms with Gasteiger partial charge in [-0.05, 0) is 43.2 Å². The molecule has 1 amide bonds. The molecule has 0 radical (unpaired) electrons.